The molecule has 1 aliphatic heterocycles. The van der Waals surface area contributed by atoms with Crippen molar-refractivity contribution >= 4 is 17.5 Å². The Morgan fingerprint density at radius 2 is 1.77 bits per heavy atom. The third kappa shape index (κ3) is 5.25. The fourth-order valence-electron chi connectivity index (χ4n) is 4.46. The number of amides is 2. The zero-order valence-electron chi connectivity index (χ0n) is 17.6. The molecule has 1 aromatic heterocycles. The first-order valence-electron chi connectivity index (χ1n) is 11.0. The summed E-state index contributed by atoms with van der Waals surface area (Å²) in [5.41, 5.74) is 0.605. The van der Waals surface area contributed by atoms with E-state index in [0.717, 1.165) is 31.4 Å². The van der Waals surface area contributed by atoms with Crippen LogP contribution in [0.2, 0.25) is 0 Å². The van der Waals surface area contributed by atoms with Gasteiger partial charge in [0.1, 0.15) is 11.6 Å². The Morgan fingerprint density at radius 3 is 2.45 bits per heavy atom. The molecular weight excluding hydrogens is 399 g/mol. The van der Waals surface area contributed by atoms with E-state index in [1.807, 2.05) is 23.1 Å². The summed E-state index contributed by atoms with van der Waals surface area (Å²) in [5, 5.41) is 5.58. The standard InChI is InChI=1S/C23H29FN4O3/c24-18-8-3-4-9-19(18)27-11-13-28(14-12-27)20(21-10-5-15-31-21)16-25-22(29)23(30)26-17-6-1-2-7-17/h3-5,8-10,15,17,20H,1-2,6-7,11-14,16H2,(H,25,29)(H,26,30)/t20-/m0/s1. The molecule has 8 heteroatoms. The van der Waals surface area contributed by atoms with Gasteiger partial charge in [-0.25, -0.2) is 4.39 Å². The third-order valence-electron chi connectivity index (χ3n) is 6.17. The maximum Gasteiger partial charge on any atom is 0.309 e. The lowest BCUT2D eigenvalue weighted by Crippen LogP contribution is -2.51. The van der Waals surface area contributed by atoms with Crippen molar-refractivity contribution < 1.29 is 18.4 Å². The van der Waals surface area contributed by atoms with Crippen molar-refractivity contribution in [3.63, 3.8) is 0 Å². The van der Waals surface area contributed by atoms with Crippen LogP contribution in [0, 0.1) is 5.82 Å². The molecule has 7 nitrogen and oxygen atoms in total. The number of halogens is 1. The van der Waals surface area contributed by atoms with Crippen molar-refractivity contribution in [3.05, 3.63) is 54.2 Å². The van der Waals surface area contributed by atoms with Gasteiger partial charge in [-0.3, -0.25) is 14.5 Å². The largest absolute Gasteiger partial charge is 0.468 e. The molecule has 2 aromatic rings. The second-order valence-electron chi connectivity index (χ2n) is 8.17. The number of nitrogens with zero attached hydrogens (tertiary/aromatic N) is 2. The predicted octanol–water partition coefficient (Wildman–Crippen LogP) is 2.46. The smallest absolute Gasteiger partial charge is 0.309 e. The van der Waals surface area contributed by atoms with Gasteiger partial charge in [0, 0.05) is 38.8 Å². The minimum atomic E-state index is -0.617. The maximum atomic E-state index is 14.1. The second-order valence-corrected chi connectivity index (χ2v) is 8.17. The van der Waals surface area contributed by atoms with Crippen LogP contribution in [0.3, 0.4) is 0 Å². The van der Waals surface area contributed by atoms with Crippen LogP contribution in [0.5, 0.6) is 0 Å². The molecule has 1 aromatic carbocycles. The average Bonchev–Trinajstić information content (AvgIpc) is 3.49. The van der Waals surface area contributed by atoms with E-state index in [9.17, 15) is 14.0 Å². The molecule has 1 atom stereocenters. The van der Waals surface area contributed by atoms with E-state index in [1.54, 1.807) is 18.4 Å². The summed E-state index contributed by atoms with van der Waals surface area (Å²) in [6.07, 6.45) is 5.64. The Hall–Kier alpha value is -2.87. The number of para-hydroxylation sites is 1. The van der Waals surface area contributed by atoms with Gasteiger partial charge in [-0.05, 0) is 37.1 Å². The van der Waals surface area contributed by atoms with Crippen molar-refractivity contribution in [2.75, 3.05) is 37.6 Å². The zero-order chi connectivity index (χ0) is 21.6. The Balaban J connectivity index is 1.35. The number of nitrogens with one attached hydrogen (secondary N) is 2. The molecule has 1 aliphatic carbocycles. The normalized spacial score (nSPS) is 18.7. The van der Waals surface area contributed by atoms with Crippen LogP contribution in [0.15, 0.2) is 47.1 Å². The number of hydrogen-bond acceptors (Lipinski definition) is 5. The van der Waals surface area contributed by atoms with Gasteiger partial charge >= 0.3 is 11.8 Å². The number of carbonyl (C=O) groups is 2. The topological polar surface area (TPSA) is 77.8 Å². The third-order valence-corrected chi connectivity index (χ3v) is 6.17. The maximum absolute atomic E-state index is 14.1. The highest BCUT2D eigenvalue weighted by atomic mass is 19.1. The lowest BCUT2D eigenvalue weighted by atomic mass is 10.1. The number of anilines is 1. The van der Waals surface area contributed by atoms with Crippen LogP contribution in [-0.4, -0.2) is 55.5 Å². The van der Waals surface area contributed by atoms with E-state index in [-0.39, 0.29) is 24.4 Å². The highest BCUT2D eigenvalue weighted by molar-refractivity contribution is 6.35. The zero-order valence-corrected chi connectivity index (χ0v) is 17.6. The van der Waals surface area contributed by atoms with Crippen molar-refractivity contribution in [3.8, 4) is 0 Å². The van der Waals surface area contributed by atoms with Gasteiger partial charge in [0.25, 0.3) is 0 Å². The number of furan rings is 1. The van der Waals surface area contributed by atoms with Gasteiger partial charge in [-0.15, -0.1) is 0 Å². The van der Waals surface area contributed by atoms with Gasteiger partial charge < -0.3 is 20.0 Å². The highest BCUT2D eigenvalue weighted by Crippen LogP contribution is 2.25. The SMILES string of the molecule is O=C(NC[C@@H](c1ccco1)N1CCN(c2ccccc2F)CC1)C(=O)NC1CCCC1. The van der Waals surface area contributed by atoms with Crippen molar-refractivity contribution in [1.82, 2.24) is 15.5 Å². The minimum Gasteiger partial charge on any atom is -0.468 e. The van der Waals surface area contributed by atoms with E-state index in [4.69, 9.17) is 4.42 Å². The number of benzene rings is 1. The molecule has 31 heavy (non-hydrogen) atoms. The molecule has 1 saturated heterocycles. The second kappa shape index (κ2) is 9.96. The monoisotopic (exact) mass is 428 g/mol. The number of carbonyl (C=O) groups excluding carboxylic acids is 2. The molecule has 0 unspecified atom stereocenters. The minimum absolute atomic E-state index is 0.102. The van der Waals surface area contributed by atoms with Crippen LogP contribution in [0.1, 0.15) is 37.5 Å². The fraction of sp³-hybridized carbons (Fsp3) is 0.478. The quantitative estimate of drug-likeness (QED) is 0.691. The molecule has 2 fully saturated rings. The van der Waals surface area contributed by atoms with Crippen LogP contribution in [-0.2, 0) is 9.59 Å². The first-order chi connectivity index (χ1) is 15.1. The molecule has 166 valence electrons. The van der Waals surface area contributed by atoms with Gasteiger partial charge in [0.05, 0.1) is 18.0 Å². The molecule has 0 spiro atoms. The molecule has 0 bridgehead atoms. The first-order valence-corrected chi connectivity index (χ1v) is 11.0. The van der Waals surface area contributed by atoms with Crippen molar-refractivity contribution in [1.29, 1.82) is 0 Å². The predicted molar refractivity (Wildman–Crippen MR) is 115 cm³/mol. The Morgan fingerprint density at radius 1 is 1.03 bits per heavy atom. The molecule has 0 radical (unpaired) electrons. The summed E-state index contributed by atoms with van der Waals surface area (Å²) >= 11 is 0. The first kappa shape index (κ1) is 21.4. The fourth-order valence-corrected chi connectivity index (χ4v) is 4.46. The molecule has 4 rings (SSSR count). The Labute approximate surface area is 181 Å². The van der Waals surface area contributed by atoms with Gasteiger partial charge in [-0.1, -0.05) is 25.0 Å². The number of piperazine rings is 1. The van der Waals surface area contributed by atoms with Crippen LogP contribution in [0.25, 0.3) is 0 Å². The number of rotatable bonds is 6. The van der Waals surface area contributed by atoms with Crippen molar-refractivity contribution in [2.24, 2.45) is 0 Å². The number of hydrogen-bond donors (Lipinski definition) is 2. The lowest BCUT2D eigenvalue weighted by molar-refractivity contribution is -0.139. The molecular formula is C23H29FN4O3. The Kier molecular flexibility index (Phi) is 6.86. The molecule has 1 saturated carbocycles. The molecule has 2 N–H and O–H groups in total. The molecule has 2 heterocycles. The summed E-state index contributed by atoms with van der Waals surface area (Å²) in [5.74, 6) is -0.683. The van der Waals surface area contributed by atoms with E-state index < -0.39 is 11.8 Å². The van der Waals surface area contributed by atoms with Gasteiger partial charge in [0.2, 0.25) is 0 Å². The summed E-state index contributed by atoms with van der Waals surface area (Å²) in [7, 11) is 0. The summed E-state index contributed by atoms with van der Waals surface area (Å²) < 4.78 is 19.7. The average molecular weight is 429 g/mol. The van der Waals surface area contributed by atoms with Crippen LogP contribution < -0.4 is 15.5 Å². The van der Waals surface area contributed by atoms with E-state index in [0.29, 0.717) is 31.9 Å². The van der Waals surface area contributed by atoms with Crippen LogP contribution >= 0.6 is 0 Å². The Bertz CT molecular complexity index is 875. The van der Waals surface area contributed by atoms with Crippen molar-refractivity contribution in [2.45, 2.75) is 37.8 Å². The molecule has 2 aliphatic rings. The summed E-state index contributed by atoms with van der Waals surface area (Å²) in [6.45, 7) is 2.96. The highest BCUT2D eigenvalue weighted by Gasteiger charge is 2.29. The van der Waals surface area contributed by atoms with E-state index in [2.05, 4.69) is 15.5 Å². The van der Waals surface area contributed by atoms with Crippen LogP contribution in [0.4, 0.5) is 10.1 Å². The summed E-state index contributed by atoms with van der Waals surface area (Å²) in [4.78, 5) is 28.8. The molecule has 2 amide bonds. The van der Waals surface area contributed by atoms with Gasteiger partial charge in [-0.2, -0.15) is 0 Å². The van der Waals surface area contributed by atoms with E-state index >= 15 is 0 Å². The summed E-state index contributed by atoms with van der Waals surface area (Å²) in [6, 6.07) is 10.4. The van der Waals surface area contributed by atoms with Gasteiger partial charge in [0.15, 0.2) is 0 Å². The van der Waals surface area contributed by atoms with E-state index in [1.165, 1.54) is 6.07 Å². The lowest BCUT2D eigenvalue weighted by Gasteiger charge is -2.39.